The Kier molecular flexibility index (Phi) is 3.71. The van der Waals surface area contributed by atoms with Gasteiger partial charge in [-0.1, -0.05) is 0 Å². The van der Waals surface area contributed by atoms with E-state index in [-0.39, 0.29) is 6.61 Å². The van der Waals surface area contributed by atoms with E-state index in [0.717, 1.165) is 32.7 Å². The van der Waals surface area contributed by atoms with E-state index in [2.05, 4.69) is 30.6 Å². The Morgan fingerprint density at radius 2 is 1.62 bits per heavy atom. The molecule has 1 rings (SSSR count). The lowest BCUT2D eigenvalue weighted by molar-refractivity contribution is 0.0547. The Morgan fingerprint density at radius 3 is 2.00 bits per heavy atom. The number of nitrogens with zero attached hydrogens (tertiary/aromatic N) is 2. The average Bonchev–Trinajstić information content (AvgIpc) is 2.04. The highest BCUT2D eigenvalue weighted by Crippen LogP contribution is 2.15. The molecule has 0 aromatic carbocycles. The molecule has 0 unspecified atom stereocenters. The second-order valence-corrected chi connectivity index (χ2v) is 4.72. The molecule has 0 aromatic rings. The van der Waals surface area contributed by atoms with Gasteiger partial charge in [0, 0.05) is 38.3 Å². The summed E-state index contributed by atoms with van der Waals surface area (Å²) in [6.07, 6.45) is 0. The van der Waals surface area contributed by atoms with Gasteiger partial charge >= 0.3 is 0 Å². The van der Waals surface area contributed by atoms with Gasteiger partial charge in [-0.2, -0.15) is 0 Å². The smallest absolute Gasteiger partial charge is 0.0558 e. The van der Waals surface area contributed by atoms with Crippen molar-refractivity contribution in [1.29, 1.82) is 0 Å². The van der Waals surface area contributed by atoms with E-state index in [1.807, 2.05) is 0 Å². The second-order valence-electron chi connectivity index (χ2n) is 4.72. The summed E-state index contributed by atoms with van der Waals surface area (Å²) in [5.41, 5.74) is 0.297. The van der Waals surface area contributed by atoms with Crippen LogP contribution in [0.5, 0.6) is 0 Å². The molecule has 1 heterocycles. The first-order valence-electron chi connectivity index (χ1n) is 5.12. The van der Waals surface area contributed by atoms with E-state index in [0.29, 0.717) is 5.54 Å². The van der Waals surface area contributed by atoms with Gasteiger partial charge in [-0.25, -0.2) is 0 Å². The summed E-state index contributed by atoms with van der Waals surface area (Å²) in [5, 5.41) is 8.79. The van der Waals surface area contributed by atoms with E-state index < -0.39 is 0 Å². The monoisotopic (exact) mass is 186 g/mol. The summed E-state index contributed by atoms with van der Waals surface area (Å²) >= 11 is 0. The van der Waals surface area contributed by atoms with Crippen LogP contribution in [0, 0.1) is 0 Å². The van der Waals surface area contributed by atoms with E-state index in [1.165, 1.54) is 0 Å². The highest BCUT2D eigenvalue weighted by molar-refractivity contribution is 4.81. The van der Waals surface area contributed by atoms with Gasteiger partial charge < -0.3 is 5.11 Å². The molecule has 0 saturated carbocycles. The summed E-state index contributed by atoms with van der Waals surface area (Å²) in [4.78, 5) is 4.82. The minimum Gasteiger partial charge on any atom is -0.395 e. The van der Waals surface area contributed by atoms with Gasteiger partial charge in [0.25, 0.3) is 0 Å². The number of rotatable bonds is 2. The van der Waals surface area contributed by atoms with Crippen molar-refractivity contribution in [3.8, 4) is 0 Å². The van der Waals surface area contributed by atoms with Crippen LogP contribution in [-0.2, 0) is 0 Å². The largest absolute Gasteiger partial charge is 0.395 e. The summed E-state index contributed by atoms with van der Waals surface area (Å²) in [5.74, 6) is 0. The minimum absolute atomic E-state index is 0.287. The fourth-order valence-electron chi connectivity index (χ4n) is 1.78. The van der Waals surface area contributed by atoms with Crippen LogP contribution in [0.15, 0.2) is 0 Å². The van der Waals surface area contributed by atoms with Crippen molar-refractivity contribution < 1.29 is 5.11 Å². The van der Waals surface area contributed by atoms with Gasteiger partial charge in [-0.3, -0.25) is 9.80 Å². The normalized spacial score (nSPS) is 22.2. The summed E-state index contributed by atoms with van der Waals surface area (Å²) in [6.45, 7) is 12.3. The Morgan fingerprint density at radius 1 is 1.08 bits per heavy atom. The summed E-state index contributed by atoms with van der Waals surface area (Å²) in [7, 11) is 0. The number of aliphatic hydroxyl groups excluding tert-OH is 1. The van der Waals surface area contributed by atoms with Gasteiger partial charge in [0.1, 0.15) is 0 Å². The highest BCUT2D eigenvalue weighted by Gasteiger charge is 2.25. The standard InChI is InChI=1S/C10H22N2O/c1-10(2,3)12-6-4-11(5-7-12)8-9-13/h13H,4-9H2,1-3H3. The molecular formula is C10H22N2O. The lowest BCUT2D eigenvalue weighted by atomic mass is 10.1. The molecule has 0 radical (unpaired) electrons. The molecule has 0 amide bonds. The number of piperazine rings is 1. The van der Waals surface area contributed by atoms with E-state index in [9.17, 15) is 0 Å². The molecule has 1 aliphatic rings. The zero-order valence-corrected chi connectivity index (χ0v) is 9.08. The van der Waals surface area contributed by atoms with Gasteiger partial charge in [0.05, 0.1) is 6.61 Å². The predicted molar refractivity (Wildman–Crippen MR) is 54.9 cm³/mol. The second kappa shape index (κ2) is 4.40. The molecule has 0 aliphatic carbocycles. The van der Waals surface area contributed by atoms with Crippen LogP contribution in [0.1, 0.15) is 20.8 Å². The molecule has 78 valence electrons. The lowest BCUT2D eigenvalue weighted by Gasteiger charge is -2.42. The molecule has 1 N–H and O–H groups in total. The Labute approximate surface area is 81.3 Å². The molecular weight excluding hydrogens is 164 g/mol. The maximum absolute atomic E-state index is 8.79. The minimum atomic E-state index is 0.287. The topological polar surface area (TPSA) is 26.7 Å². The zero-order valence-electron chi connectivity index (χ0n) is 9.08. The molecule has 0 spiro atoms. The van der Waals surface area contributed by atoms with E-state index in [1.54, 1.807) is 0 Å². The highest BCUT2D eigenvalue weighted by atomic mass is 16.3. The van der Waals surface area contributed by atoms with E-state index >= 15 is 0 Å². The molecule has 3 heteroatoms. The van der Waals surface area contributed by atoms with Crippen molar-refractivity contribution in [3.05, 3.63) is 0 Å². The van der Waals surface area contributed by atoms with Crippen molar-refractivity contribution in [3.63, 3.8) is 0 Å². The van der Waals surface area contributed by atoms with Crippen molar-refractivity contribution in [2.24, 2.45) is 0 Å². The third kappa shape index (κ3) is 3.25. The van der Waals surface area contributed by atoms with Crippen LogP contribution in [0.2, 0.25) is 0 Å². The third-order valence-corrected chi connectivity index (χ3v) is 2.74. The quantitative estimate of drug-likeness (QED) is 0.676. The number of hydrogen-bond donors (Lipinski definition) is 1. The Hall–Kier alpha value is -0.120. The first kappa shape index (κ1) is 11.0. The first-order chi connectivity index (χ1) is 6.04. The van der Waals surface area contributed by atoms with Crippen LogP contribution in [0.3, 0.4) is 0 Å². The number of aliphatic hydroxyl groups is 1. The molecule has 0 bridgehead atoms. The maximum Gasteiger partial charge on any atom is 0.0558 e. The lowest BCUT2D eigenvalue weighted by Crippen LogP contribution is -2.53. The van der Waals surface area contributed by atoms with Crippen LogP contribution in [0.4, 0.5) is 0 Å². The van der Waals surface area contributed by atoms with E-state index in [4.69, 9.17) is 5.11 Å². The molecule has 0 atom stereocenters. The van der Waals surface area contributed by atoms with Crippen molar-refractivity contribution in [2.45, 2.75) is 26.3 Å². The van der Waals surface area contributed by atoms with Crippen LogP contribution < -0.4 is 0 Å². The molecule has 1 aliphatic heterocycles. The molecule has 1 saturated heterocycles. The fraction of sp³-hybridized carbons (Fsp3) is 1.00. The zero-order chi connectivity index (χ0) is 9.90. The first-order valence-corrected chi connectivity index (χ1v) is 5.12. The van der Waals surface area contributed by atoms with Crippen molar-refractivity contribution >= 4 is 0 Å². The van der Waals surface area contributed by atoms with Crippen molar-refractivity contribution in [1.82, 2.24) is 9.80 Å². The van der Waals surface area contributed by atoms with Crippen molar-refractivity contribution in [2.75, 3.05) is 39.3 Å². The van der Waals surface area contributed by atoms with Crippen LogP contribution in [0.25, 0.3) is 0 Å². The number of hydrogen-bond acceptors (Lipinski definition) is 3. The van der Waals surface area contributed by atoms with Gasteiger partial charge in [0.15, 0.2) is 0 Å². The van der Waals surface area contributed by atoms with Gasteiger partial charge in [-0.15, -0.1) is 0 Å². The Bertz CT molecular complexity index is 145. The average molecular weight is 186 g/mol. The molecule has 13 heavy (non-hydrogen) atoms. The molecule has 1 fully saturated rings. The van der Waals surface area contributed by atoms with Crippen LogP contribution >= 0.6 is 0 Å². The van der Waals surface area contributed by atoms with Gasteiger partial charge in [0.2, 0.25) is 0 Å². The third-order valence-electron chi connectivity index (χ3n) is 2.74. The number of β-amino-alcohol motifs (C(OH)–C–C–N with tert-alkyl or cyclic N) is 1. The predicted octanol–water partition coefficient (Wildman–Crippen LogP) is 0.395. The fourth-order valence-corrected chi connectivity index (χ4v) is 1.78. The Balaban J connectivity index is 2.30. The maximum atomic E-state index is 8.79. The molecule has 3 nitrogen and oxygen atoms in total. The van der Waals surface area contributed by atoms with Gasteiger partial charge in [-0.05, 0) is 20.8 Å². The SMILES string of the molecule is CC(C)(C)N1CCN(CCO)CC1. The van der Waals surface area contributed by atoms with Crippen LogP contribution in [-0.4, -0.2) is 59.8 Å². The molecule has 0 aromatic heterocycles. The summed E-state index contributed by atoms with van der Waals surface area (Å²) < 4.78 is 0. The summed E-state index contributed by atoms with van der Waals surface area (Å²) in [6, 6.07) is 0.